The zero-order valence-corrected chi connectivity index (χ0v) is 16.0. The van der Waals surface area contributed by atoms with E-state index in [1.807, 2.05) is 0 Å². The summed E-state index contributed by atoms with van der Waals surface area (Å²) in [4.78, 5) is 40.8. The molecule has 7 nitrogen and oxygen atoms in total. The van der Waals surface area contributed by atoms with Crippen molar-refractivity contribution in [2.24, 2.45) is 5.41 Å². The van der Waals surface area contributed by atoms with Gasteiger partial charge in [-0.25, -0.2) is 0 Å². The van der Waals surface area contributed by atoms with Crippen LogP contribution in [0.4, 0.5) is 11.4 Å². The second kappa shape index (κ2) is 8.31. The van der Waals surface area contributed by atoms with Crippen LogP contribution in [0.1, 0.15) is 27.7 Å². The van der Waals surface area contributed by atoms with Crippen molar-refractivity contribution in [2.45, 2.75) is 27.7 Å². The molecule has 7 heteroatoms. The number of benzene rings is 1. The Morgan fingerprint density at radius 2 is 1.62 bits per heavy atom. The summed E-state index contributed by atoms with van der Waals surface area (Å²) in [6.45, 7) is 10.7. The SMILES string of the molecule is CCN1CCN(C(=O)C(C)(C)C(=O)Nc2cccc(NC(C)=O)c2)CC1. The zero-order chi connectivity index (χ0) is 19.3. The fourth-order valence-corrected chi connectivity index (χ4v) is 2.92. The van der Waals surface area contributed by atoms with Crippen molar-refractivity contribution in [2.75, 3.05) is 43.4 Å². The third-order valence-electron chi connectivity index (χ3n) is 4.65. The Kier molecular flexibility index (Phi) is 6.37. The van der Waals surface area contributed by atoms with Crippen molar-refractivity contribution >= 4 is 29.1 Å². The molecule has 3 amide bonds. The predicted octanol–water partition coefficient (Wildman–Crippen LogP) is 1.77. The number of piperazine rings is 1. The van der Waals surface area contributed by atoms with Crippen molar-refractivity contribution in [1.29, 1.82) is 0 Å². The molecule has 0 radical (unpaired) electrons. The molecule has 142 valence electrons. The molecule has 1 aromatic rings. The molecule has 0 aliphatic carbocycles. The van der Waals surface area contributed by atoms with Gasteiger partial charge in [0, 0.05) is 44.5 Å². The molecule has 1 saturated heterocycles. The van der Waals surface area contributed by atoms with Crippen LogP contribution in [0.5, 0.6) is 0 Å². The molecule has 1 aliphatic heterocycles. The summed E-state index contributed by atoms with van der Waals surface area (Å²) in [5.74, 6) is -0.709. The van der Waals surface area contributed by atoms with Gasteiger partial charge in [-0.2, -0.15) is 0 Å². The number of rotatable bonds is 5. The van der Waals surface area contributed by atoms with Crippen LogP contribution in [0.15, 0.2) is 24.3 Å². The minimum atomic E-state index is -1.17. The van der Waals surface area contributed by atoms with E-state index in [0.29, 0.717) is 24.5 Å². The van der Waals surface area contributed by atoms with Gasteiger partial charge in [-0.05, 0) is 38.6 Å². The standard InChI is InChI=1S/C19H28N4O3/c1-5-22-9-11-23(12-10-22)18(26)19(3,4)17(25)21-16-8-6-7-15(13-16)20-14(2)24/h6-8,13H,5,9-12H2,1-4H3,(H,20,24)(H,21,25). The number of carbonyl (C=O) groups is 3. The fraction of sp³-hybridized carbons (Fsp3) is 0.526. The maximum absolute atomic E-state index is 12.8. The molecule has 1 fully saturated rings. The monoisotopic (exact) mass is 360 g/mol. The Labute approximate surface area is 154 Å². The molecule has 0 aromatic heterocycles. The summed E-state index contributed by atoms with van der Waals surface area (Å²) in [6, 6.07) is 6.86. The van der Waals surface area contributed by atoms with Gasteiger partial charge in [-0.15, -0.1) is 0 Å². The summed E-state index contributed by atoms with van der Waals surface area (Å²) >= 11 is 0. The van der Waals surface area contributed by atoms with Crippen LogP contribution >= 0.6 is 0 Å². The second-order valence-corrected chi connectivity index (χ2v) is 7.07. The zero-order valence-electron chi connectivity index (χ0n) is 16.0. The highest BCUT2D eigenvalue weighted by Crippen LogP contribution is 2.24. The molecular formula is C19H28N4O3. The molecule has 1 heterocycles. The van der Waals surface area contributed by atoms with Gasteiger partial charge in [0.05, 0.1) is 0 Å². The molecule has 0 saturated carbocycles. The summed E-state index contributed by atoms with van der Waals surface area (Å²) in [5, 5.41) is 5.46. The normalized spacial score (nSPS) is 15.5. The minimum Gasteiger partial charge on any atom is -0.339 e. The average molecular weight is 360 g/mol. The van der Waals surface area contributed by atoms with Crippen LogP contribution in [-0.2, 0) is 14.4 Å². The molecule has 0 unspecified atom stereocenters. The maximum atomic E-state index is 12.8. The molecule has 2 N–H and O–H groups in total. The highest BCUT2D eigenvalue weighted by atomic mass is 16.2. The number of anilines is 2. The molecule has 26 heavy (non-hydrogen) atoms. The van der Waals surface area contributed by atoms with Crippen LogP contribution in [-0.4, -0.2) is 60.2 Å². The van der Waals surface area contributed by atoms with E-state index in [1.165, 1.54) is 6.92 Å². The van der Waals surface area contributed by atoms with E-state index in [2.05, 4.69) is 22.5 Å². The average Bonchev–Trinajstić information content (AvgIpc) is 2.60. The first-order valence-corrected chi connectivity index (χ1v) is 8.95. The first-order valence-electron chi connectivity index (χ1n) is 8.95. The van der Waals surface area contributed by atoms with E-state index in [-0.39, 0.29) is 17.7 Å². The quantitative estimate of drug-likeness (QED) is 0.784. The topological polar surface area (TPSA) is 81.8 Å². The number of hydrogen-bond acceptors (Lipinski definition) is 4. The maximum Gasteiger partial charge on any atom is 0.239 e. The number of hydrogen-bond donors (Lipinski definition) is 2. The van der Waals surface area contributed by atoms with E-state index in [9.17, 15) is 14.4 Å². The fourth-order valence-electron chi connectivity index (χ4n) is 2.92. The molecular weight excluding hydrogens is 332 g/mol. The van der Waals surface area contributed by atoms with Crippen LogP contribution in [0.2, 0.25) is 0 Å². The Bertz CT molecular complexity index is 679. The van der Waals surface area contributed by atoms with E-state index in [0.717, 1.165) is 19.6 Å². The largest absolute Gasteiger partial charge is 0.339 e. The Balaban J connectivity index is 2.03. The van der Waals surface area contributed by atoms with Crippen LogP contribution < -0.4 is 10.6 Å². The van der Waals surface area contributed by atoms with Crippen molar-refractivity contribution in [1.82, 2.24) is 9.80 Å². The summed E-state index contributed by atoms with van der Waals surface area (Å²) in [5.41, 5.74) is -0.0358. The lowest BCUT2D eigenvalue weighted by Gasteiger charge is -2.37. The highest BCUT2D eigenvalue weighted by molar-refractivity contribution is 6.10. The molecule has 2 rings (SSSR count). The molecule has 0 atom stereocenters. The van der Waals surface area contributed by atoms with Crippen molar-refractivity contribution in [3.8, 4) is 0 Å². The van der Waals surface area contributed by atoms with Gasteiger partial charge in [0.15, 0.2) is 0 Å². The molecule has 1 aliphatic rings. The van der Waals surface area contributed by atoms with E-state index in [4.69, 9.17) is 0 Å². The molecule has 0 bridgehead atoms. The van der Waals surface area contributed by atoms with Crippen molar-refractivity contribution < 1.29 is 14.4 Å². The second-order valence-electron chi connectivity index (χ2n) is 7.07. The van der Waals surface area contributed by atoms with Crippen molar-refractivity contribution in [3.05, 3.63) is 24.3 Å². The lowest BCUT2D eigenvalue weighted by atomic mass is 9.89. The Hall–Kier alpha value is -2.41. The van der Waals surface area contributed by atoms with E-state index >= 15 is 0 Å². The minimum absolute atomic E-state index is 0.163. The predicted molar refractivity (Wildman–Crippen MR) is 102 cm³/mol. The van der Waals surface area contributed by atoms with Gasteiger partial charge in [-0.3, -0.25) is 14.4 Å². The number of likely N-dealkylation sites (N-methyl/N-ethyl adjacent to an activating group) is 1. The number of nitrogens with zero attached hydrogens (tertiary/aromatic N) is 2. The Morgan fingerprint density at radius 3 is 2.15 bits per heavy atom. The number of carbonyl (C=O) groups excluding carboxylic acids is 3. The summed E-state index contributed by atoms with van der Waals surface area (Å²) in [6.07, 6.45) is 0. The van der Waals surface area contributed by atoms with Crippen LogP contribution in [0.3, 0.4) is 0 Å². The van der Waals surface area contributed by atoms with Crippen LogP contribution in [0, 0.1) is 5.41 Å². The summed E-state index contributed by atoms with van der Waals surface area (Å²) < 4.78 is 0. The van der Waals surface area contributed by atoms with Crippen LogP contribution in [0.25, 0.3) is 0 Å². The number of nitrogens with one attached hydrogen (secondary N) is 2. The van der Waals surface area contributed by atoms with Gasteiger partial charge in [-0.1, -0.05) is 13.0 Å². The molecule has 0 spiro atoms. The lowest BCUT2D eigenvalue weighted by molar-refractivity contribution is -0.147. The van der Waals surface area contributed by atoms with Gasteiger partial charge >= 0.3 is 0 Å². The molecule has 1 aromatic carbocycles. The van der Waals surface area contributed by atoms with E-state index in [1.54, 1.807) is 43.0 Å². The van der Waals surface area contributed by atoms with Gasteiger partial charge in [0.1, 0.15) is 5.41 Å². The first kappa shape index (κ1) is 19.9. The summed E-state index contributed by atoms with van der Waals surface area (Å²) in [7, 11) is 0. The smallest absolute Gasteiger partial charge is 0.239 e. The van der Waals surface area contributed by atoms with Gasteiger partial charge < -0.3 is 20.4 Å². The van der Waals surface area contributed by atoms with Gasteiger partial charge in [0.25, 0.3) is 0 Å². The van der Waals surface area contributed by atoms with Gasteiger partial charge in [0.2, 0.25) is 17.7 Å². The lowest BCUT2D eigenvalue weighted by Crippen LogP contribution is -2.54. The van der Waals surface area contributed by atoms with E-state index < -0.39 is 5.41 Å². The number of amides is 3. The third kappa shape index (κ3) is 4.82. The highest BCUT2D eigenvalue weighted by Gasteiger charge is 2.40. The first-order chi connectivity index (χ1) is 12.2. The third-order valence-corrected chi connectivity index (χ3v) is 4.65. The van der Waals surface area contributed by atoms with Crippen molar-refractivity contribution in [3.63, 3.8) is 0 Å². The Morgan fingerprint density at radius 1 is 1.04 bits per heavy atom.